The second-order valence-electron chi connectivity index (χ2n) is 3.70. The van der Waals surface area contributed by atoms with Gasteiger partial charge in [0.05, 0.1) is 19.3 Å². The van der Waals surface area contributed by atoms with Crippen molar-refractivity contribution in [2.24, 2.45) is 0 Å². The molecule has 1 saturated carbocycles. The number of rotatable bonds is 5. The van der Waals surface area contributed by atoms with Crippen molar-refractivity contribution in [2.45, 2.75) is 44.3 Å². The van der Waals surface area contributed by atoms with Gasteiger partial charge in [-0.15, -0.1) is 0 Å². The minimum Gasteiger partial charge on any atom is -0.388 e. The van der Waals surface area contributed by atoms with Crippen LogP contribution in [0.5, 0.6) is 0 Å². The molecular weight excluding hydrogens is 168 g/mol. The zero-order valence-electron chi connectivity index (χ0n) is 8.37. The zero-order chi connectivity index (χ0) is 9.52. The molecule has 0 aliphatic heterocycles. The highest BCUT2D eigenvalue weighted by atomic mass is 16.5. The lowest BCUT2D eigenvalue weighted by atomic mass is 9.98. The van der Waals surface area contributed by atoms with Crippen LogP contribution in [0.15, 0.2) is 0 Å². The van der Waals surface area contributed by atoms with Crippen molar-refractivity contribution >= 4 is 0 Å². The topological polar surface area (TPSA) is 38.7 Å². The van der Waals surface area contributed by atoms with Crippen LogP contribution in [0.1, 0.15) is 32.1 Å². The van der Waals surface area contributed by atoms with Crippen molar-refractivity contribution in [1.29, 1.82) is 0 Å². The van der Waals surface area contributed by atoms with Crippen molar-refractivity contribution < 1.29 is 14.6 Å². The number of aliphatic hydroxyl groups is 1. The minimum atomic E-state index is -0.466. The predicted octanol–water partition coefficient (Wildman–Crippen LogP) is 1.34. The number of methoxy groups -OCH3 is 1. The summed E-state index contributed by atoms with van der Waals surface area (Å²) in [5.74, 6) is 0. The van der Waals surface area contributed by atoms with Gasteiger partial charge in [0.2, 0.25) is 0 Å². The van der Waals surface area contributed by atoms with Gasteiger partial charge in [0.1, 0.15) is 6.10 Å². The van der Waals surface area contributed by atoms with Crippen molar-refractivity contribution in [2.75, 3.05) is 20.3 Å². The summed E-state index contributed by atoms with van der Waals surface area (Å²) >= 11 is 0. The van der Waals surface area contributed by atoms with E-state index in [1.54, 1.807) is 7.11 Å². The molecule has 0 heterocycles. The van der Waals surface area contributed by atoms with Crippen LogP contribution in [-0.2, 0) is 9.47 Å². The molecule has 78 valence electrons. The van der Waals surface area contributed by atoms with Gasteiger partial charge in [0.25, 0.3) is 0 Å². The molecule has 1 fully saturated rings. The predicted molar refractivity (Wildman–Crippen MR) is 50.7 cm³/mol. The van der Waals surface area contributed by atoms with Crippen LogP contribution < -0.4 is 0 Å². The van der Waals surface area contributed by atoms with E-state index in [-0.39, 0.29) is 0 Å². The maximum atomic E-state index is 9.33. The van der Waals surface area contributed by atoms with Crippen LogP contribution in [0.25, 0.3) is 0 Å². The summed E-state index contributed by atoms with van der Waals surface area (Å²) in [6.45, 7) is 0.783. The first-order chi connectivity index (χ1) is 6.33. The van der Waals surface area contributed by atoms with Gasteiger partial charge in [-0.05, 0) is 12.8 Å². The molecule has 0 amide bonds. The number of ether oxygens (including phenoxy) is 2. The fraction of sp³-hybridized carbons (Fsp3) is 1.00. The van der Waals surface area contributed by atoms with E-state index in [1.807, 2.05) is 0 Å². The molecule has 1 aliphatic rings. The largest absolute Gasteiger partial charge is 0.388 e. The van der Waals surface area contributed by atoms with Gasteiger partial charge < -0.3 is 14.6 Å². The molecule has 1 aliphatic carbocycles. The Morgan fingerprint density at radius 2 is 1.92 bits per heavy atom. The SMILES string of the molecule is COC[C@@H](O)COC1CCCCC1. The fourth-order valence-corrected chi connectivity index (χ4v) is 1.72. The summed E-state index contributed by atoms with van der Waals surface area (Å²) in [4.78, 5) is 0. The normalized spacial score (nSPS) is 21.7. The van der Waals surface area contributed by atoms with Crippen LogP contribution in [0, 0.1) is 0 Å². The molecule has 13 heavy (non-hydrogen) atoms. The molecule has 0 spiro atoms. The van der Waals surface area contributed by atoms with Gasteiger partial charge in [0.15, 0.2) is 0 Å². The highest BCUT2D eigenvalue weighted by molar-refractivity contribution is 4.66. The molecule has 0 aromatic heterocycles. The Kier molecular flexibility index (Phi) is 5.35. The first-order valence-electron chi connectivity index (χ1n) is 5.11. The Bertz CT molecular complexity index is 121. The van der Waals surface area contributed by atoms with E-state index in [0.717, 1.165) is 12.8 Å². The zero-order valence-corrected chi connectivity index (χ0v) is 8.37. The average molecular weight is 188 g/mol. The Morgan fingerprint density at radius 3 is 2.54 bits per heavy atom. The summed E-state index contributed by atoms with van der Waals surface area (Å²) in [6, 6.07) is 0. The lowest BCUT2D eigenvalue weighted by Crippen LogP contribution is -2.26. The van der Waals surface area contributed by atoms with Gasteiger partial charge >= 0.3 is 0 Å². The fourth-order valence-electron chi connectivity index (χ4n) is 1.72. The molecule has 1 N–H and O–H groups in total. The lowest BCUT2D eigenvalue weighted by Gasteiger charge is -2.23. The standard InChI is InChI=1S/C10H20O3/c1-12-7-9(11)8-13-10-5-3-2-4-6-10/h9-11H,2-8H2,1H3/t9-/m1/s1. The van der Waals surface area contributed by atoms with Gasteiger partial charge in [0, 0.05) is 7.11 Å². The molecular formula is C10H20O3. The average Bonchev–Trinajstić information content (AvgIpc) is 2.17. The van der Waals surface area contributed by atoms with Crippen LogP contribution in [0.2, 0.25) is 0 Å². The molecule has 3 nitrogen and oxygen atoms in total. The summed E-state index contributed by atoms with van der Waals surface area (Å²) in [5, 5.41) is 9.33. The van der Waals surface area contributed by atoms with E-state index in [9.17, 15) is 5.11 Å². The third-order valence-electron chi connectivity index (χ3n) is 2.44. The Morgan fingerprint density at radius 1 is 1.23 bits per heavy atom. The molecule has 0 aromatic carbocycles. The molecule has 1 rings (SSSR count). The minimum absolute atomic E-state index is 0.368. The Hall–Kier alpha value is -0.120. The maximum Gasteiger partial charge on any atom is 0.101 e. The summed E-state index contributed by atoms with van der Waals surface area (Å²) in [6.07, 6.45) is 6.09. The van der Waals surface area contributed by atoms with E-state index in [2.05, 4.69) is 0 Å². The second-order valence-corrected chi connectivity index (χ2v) is 3.70. The van der Waals surface area contributed by atoms with Gasteiger partial charge in [-0.3, -0.25) is 0 Å². The van der Waals surface area contributed by atoms with Crippen LogP contribution in [0.4, 0.5) is 0 Å². The van der Waals surface area contributed by atoms with Crippen molar-refractivity contribution in [1.82, 2.24) is 0 Å². The molecule has 0 aromatic rings. The van der Waals surface area contributed by atoms with Crippen LogP contribution in [-0.4, -0.2) is 37.6 Å². The van der Waals surface area contributed by atoms with Crippen LogP contribution in [0.3, 0.4) is 0 Å². The molecule has 0 saturated heterocycles. The number of hydrogen-bond acceptors (Lipinski definition) is 3. The molecule has 0 bridgehead atoms. The highest BCUT2D eigenvalue weighted by Gasteiger charge is 2.15. The summed E-state index contributed by atoms with van der Waals surface area (Å²) in [7, 11) is 1.59. The van der Waals surface area contributed by atoms with Crippen molar-refractivity contribution in [3.63, 3.8) is 0 Å². The summed E-state index contributed by atoms with van der Waals surface area (Å²) < 4.78 is 10.4. The first kappa shape index (κ1) is 11.0. The Balaban J connectivity index is 2.03. The first-order valence-corrected chi connectivity index (χ1v) is 5.11. The smallest absolute Gasteiger partial charge is 0.101 e. The number of hydrogen-bond donors (Lipinski definition) is 1. The van der Waals surface area contributed by atoms with Gasteiger partial charge in [-0.25, -0.2) is 0 Å². The highest BCUT2D eigenvalue weighted by Crippen LogP contribution is 2.20. The molecule has 1 atom stereocenters. The third-order valence-corrected chi connectivity index (χ3v) is 2.44. The van der Waals surface area contributed by atoms with Crippen LogP contribution >= 0.6 is 0 Å². The van der Waals surface area contributed by atoms with E-state index in [4.69, 9.17) is 9.47 Å². The van der Waals surface area contributed by atoms with E-state index >= 15 is 0 Å². The van der Waals surface area contributed by atoms with Crippen molar-refractivity contribution in [3.05, 3.63) is 0 Å². The maximum absolute atomic E-state index is 9.33. The molecule has 0 unspecified atom stereocenters. The molecule has 3 heteroatoms. The number of aliphatic hydroxyl groups excluding tert-OH is 1. The molecule has 0 radical (unpaired) electrons. The Labute approximate surface area is 80.0 Å². The monoisotopic (exact) mass is 188 g/mol. The third kappa shape index (κ3) is 4.60. The van der Waals surface area contributed by atoms with Gasteiger partial charge in [-0.2, -0.15) is 0 Å². The van der Waals surface area contributed by atoms with Gasteiger partial charge in [-0.1, -0.05) is 19.3 Å². The quantitative estimate of drug-likeness (QED) is 0.707. The van der Waals surface area contributed by atoms with E-state index in [0.29, 0.717) is 19.3 Å². The van der Waals surface area contributed by atoms with E-state index in [1.165, 1.54) is 19.3 Å². The lowest BCUT2D eigenvalue weighted by molar-refractivity contribution is -0.0459. The summed E-state index contributed by atoms with van der Waals surface area (Å²) in [5.41, 5.74) is 0. The van der Waals surface area contributed by atoms with Crippen molar-refractivity contribution in [3.8, 4) is 0 Å². The van der Waals surface area contributed by atoms with E-state index < -0.39 is 6.10 Å². The second kappa shape index (κ2) is 6.35.